The number of alkyl carbamates (subject to hydrolysis) is 1. The van der Waals surface area contributed by atoms with Crippen LogP contribution in [0.5, 0.6) is 0 Å². The van der Waals surface area contributed by atoms with E-state index in [4.69, 9.17) is 15.6 Å². The van der Waals surface area contributed by atoms with Crippen LogP contribution < -0.4 is 16.4 Å². The second-order valence-electron chi connectivity index (χ2n) is 9.69. The highest BCUT2D eigenvalue weighted by atomic mass is 16.6. The van der Waals surface area contributed by atoms with Gasteiger partial charge < -0.3 is 26.2 Å². The zero-order valence-corrected chi connectivity index (χ0v) is 20.4. The number of amides is 2. The number of rotatable bonds is 3. The fraction of sp³-hybridized carbons (Fsp3) is 0.385. The number of ether oxygens (including phenoxy) is 1. The van der Waals surface area contributed by atoms with E-state index in [1.807, 2.05) is 13.0 Å². The molecule has 1 aliphatic heterocycles. The molecule has 2 amide bonds. The first-order valence-corrected chi connectivity index (χ1v) is 11.5. The van der Waals surface area contributed by atoms with Crippen molar-refractivity contribution in [1.29, 1.82) is 0 Å². The molecule has 1 aromatic carbocycles. The van der Waals surface area contributed by atoms with Gasteiger partial charge in [0, 0.05) is 29.4 Å². The van der Waals surface area contributed by atoms with Crippen LogP contribution >= 0.6 is 0 Å². The minimum Gasteiger partial charge on any atom is -0.478 e. The van der Waals surface area contributed by atoms with Crippen molar-refractivity contribution in [3.8, 4) is 11.1 Å². The number of nitrogen functional groups attached to an aromatic ring is 1. The third-order valence-electron chi connectivity index (χ3n) is 5.60. The van der Waals surface area contributed by atoms with Gasteiger partial charge in [-0.25, -0.2) is 9.59 Å². The fourth-order valence-electron chi connectivity index (χ4n) is 3.85. The number of aromatic nitrogens is 1. The van der Waals surface area contributed by atoms with Crippen LogP contribution in [0.15, 0.2) is 36.5 Å². The van der Waals surface area contributed by atoms with Gasteiger partial charge in [0.25, 0.3) is 0 Å². The van der Waals surface area contributed by atoms with Crippen LogP contribution in [-0.4, -0.2) is 33.7 Å². The van der Waals surface area contributed by atoms with E-state index in [1.54, 1.807) is 45.2 Å². The number of nitrogens with one attached hydrogen (secondary N) is 2. The minimum absolute atomic E-state index is 0.147. The molecule has 0 unspecified atom stereocenters. The lowest BCUT2D eigenvalue weighted by Crippen LogP contribution is -2.35. The van der Waals surface area contributed by atoms with E-state index in [0.717, 1.165) is 11.6 Å². The number of aliphatic carboxylic acids is 1. The van der Waals surface area contributed by atoms with Crippen molar-refractivity contribution in [2.75, 3.05) is 11.1 Å². The number of pyridine rings is 1. The maximum Gasteiger partial charge on any atom is 0.408 e. The third kappa shape index (κ3) is 7.05. The molecule has 186 valence electrons. The zero-order valence-electron chi connectivity index (χ0n) is 20.4. The smallest absolute Gasteiger partial charge is 0.408 e. The molecule has 0 saturated carbocycles. The van der Waals surface area contributed by atoms with Gasteiger partial charge in [0.15, 0.2) is 0 Å². The average molecular weight is 481 g/mol. The van der Waals surface area contributed by atoms with Gasteiger partial charge in [-0.3, -0.25) is 9.78 Å². The van der Waals surface area contributed by atoms with E-state index in [0.29, 0.717) is 47.5 Å². The molecule has 2 heterocycles. The van der Waals surface area contributed by atoms with Crippen molar-refractivity contribution in [3.63, 3.8) is 0 Å². The third-order valence-corrected chi connectivity index (χ3v) is 5.60. The van der Waals surface area contributed by atoms with Gasteiger partial charge in [0.05, 0.1) is 17.4 Å². The number of carbonyl (C=O) groups excluding carboxylic acids is 2. The van der Waals surface area contributed by atoms with E-state index in [2.05, 4.69) is 15.6 Å². The highest BCUT2D eigenvalue weighted by Crippen LogP contribution is 2.35. The van der Waals surface area contributed by atoms with E-state index in [1.165, 1.54) is 6.08 Å². The Labute approximate surface area is 204 Å². The van der Waals surface area contributed by atoms with Crippen LogP contribution in [0.3, 0.4) is 0 Å². The highest BCUT2D eigenvalue weighted by Gasteiger charge is 2.24. The van der Waals surface area contributed by atoms with Crippen molar-refractivity contribution >= 4 is 35.4 Å². The molecule has 0 aliphatic carbocycles. The Morgan fingerprint density at radius 2 is 2.00 bits per heavy atom. The molecule has 2 atom stereocenters. The van der Waals surface area contributed by atoms with Crippen LogP contribution in [0, 0.1) is 5.92 Å². The van der Waals surface area contributed by atoms with Gasteiger partial charge >= 0.3 is 12.1 Å². The van der Waals surface area contributed by atoms with Crippen LogP contribution in [0.25, 0.3) is 17.2 Å². The number of hydrogen-bond donors (Lipinski definition) is 4. The lowest BCUT2D eigenvalue weighted by atomic mass is 9.94. The van der Waals surface area contributed by atoms with Crippen LogP contribution in [0.2, 0.25) is 0 Å². The summed E-state index contributed by atoms with van der Waals surface area (Å²) in [5.41, 5.74) is 8.92. The molecule has 0 fully saturated rings. The summed E-state index contributed by atoms with van der Waals surface area (Å²) in [4.78, 5) is 40.9. The maximum atomic E-state index is 12.9. The molecule has 0 radical (unpaired) electrons. The van der Waals surface area contributed by atoms with Gasteiger partial charge in [-0.05, 0) is 75.1 Å². The minimum atomic E-state index is -1.10. The summed E-state index contributed by atoms with van der Waals surface area (Å²) in [5, 5.41) is 14.9. The molecule has 0 spiro atoms. The summed E-state index contributed by atoms with van der Waals surface area (Å²) in [6.45, 7) is 7.24. The fourth-order valence-corrected chi connectivity index (χ4v) is 3.85. The molecule has 9 nitrogen and oxygen atoms in total. The van der Waals surface area contributed by atoms with Crippen molar-refractivity contribution in [2.24, 2.45) is 5.92 Å². The summed E-state index contributed by atoms with van der Waals surface area (Å²) >= 11 is 0. The topological polar surface area (TPSA) is 144 Å². The molecule has 1 aromatic heterocycles. The number of fused-ring (bicyclic) bond motifs is 4. The first kappa shape index (κ1) is 25.7. The van der Waals surface area contributed by atoms with Crippen molar-refractivity contribution < 1.29 is 24.2 Å². The summed E-state index contributed by atoms with van der Waals surface area (Å²) in [7, 11) is 0. The van der Waals surface area contributed by atoms with Gasteiger partial charge in [-0.15, -0.1) is 0 Å². The number of nitrogens with two attached hydrogens (primary N) is 1. The van der Waals surface area contributed by atoms with Crippen molar-refractivity contribution in [3.05, 3.63) is 47.8 Å². The summed E-state index contributed by atoms with van der Waals surface area (Å²) in [6.07, 6.45) is 5.39. The number of benzene rings is 1. The number of anilines is 2. The Kier molecular flexibility index (Phi) is 7.78. The lowest BCUT2D eigenvalue weighted by molar-refractivity contribution is -0.131. The quantitative estimate of drug-likeness (QED) is 0.366. The molecule has 1 aliphatic rings. The maximum absolute atomic E-state index is 12.9. The molecular formula is C26H32N4O5. The largest absolute Gasteiger partial charge is 0.478 e. The van der Waals surface area contributed by atoms with Gasteiger partial charge in [-0.1, -0.05) is 13.3 Å². The summed E-state index contributed by atoms with van der Waals surface area (Å²) in [6, 6.07) is 6.58. The number of hydrogen-bond acceptors (Lipinski definition) is 6. The van der Waals surface area contributed by atoms with Gasteiger partial charge in [0.2, 0.25) is 5.91 Å². The normalized spacial score (nSPS) is 18.6. The molecule has 5 N–H and O–H groups in total. The monoisotopic (exact) mass is 480 g/mol. The second kappa shape index (κ2) is 10.6. The average Bonchev–Trinajstić information content (AvgIpc) is 2.75. The molecule has 3 rings (SSSR count). The lowest BCUT2D eigenvalue weighted by Gasteiger charge is -2.25. The molecule has 35 heavy (non-hydrogen) atoms. The number of carbonyl (C=O) groups is 3. The Morgan fingerprint density at radius 1 is 1.26 bits per heavy atom. The Balaban J connectivity index is 2.09. The number of nitrogens with zero attached hydrogens (tertiary/aromatic N) is 1. The zero-order chi connectivity index (χ0) is 25.8. The predicted octanol–water partition coefficient (Wildman–Crippen LogP) is 4.75. The van der Waals surface area contributed by atoms with E-state index in [9.17, 15) is 14.4 Å². The standard InChI is InChI=1S/C26H32N4O5/c1-15-6-5-7-20(30-25(34)35-26(2,3)4)22-13-16(10-11-28-22)18-12-17(8-9-23(31)32)19(27)14-21(18)29-24(15)33/h8-15,20H,5-7,27H2,1-4H3,(H,29,33)(H,30,34)(H,31,32)/t15-,20+/m1/s1. The molecule has 2 aromatic rings. The Morgan fingerprint density at radius 3 is 2.69 bits per heavy atom. The van der Waals surface area contributed by atoms with Crippen molar-refractivity contribution in [1.82, 2.24) is 10.3 Å². The highest BCUT2D eigenvalue weighted by molar-refractivity contribution is 5.99. The SMILES string of the molecule is C[C@@H]1CCC[C@H](NC(=O)OC(C)(C)C)c2cc(ccn2)-c2cc(C=CC(=O)O)c(N)cc2NC1=O. The van der Waals surface area contributed by atoms with Crippen LogP contribution in [-0.2, 0) is 14.3 Å². The van der Waals surface area contributed by atoms with E-state index >= 15 is 0 Å². The molecule has 0 saturated heterocycles. The second-order valence-corrected chi connectivity index (χ2v) is 9.69. The Hall–Kier alpha value is -3.88. The molecular weight excluding hydrogens is 448 g/mol. The first-order chi connectivity index (χ1) is 16.4. The first-order valence-electron chi connectivity index (χ1n) is 11.5. The molecule has 9 heteroatoms. The predicted molar refractivity (Wildman–Crippen MR) is 135 cm³/mol. The van der Waals surface area contributed by atoms with Gasteiger partial charge in [0.1, 0.15) is 5.60 Å². The van der Waals surface area contributed by atoms with Crippen LogP contribution in [0.4, 0.5) is 16.2 Å². The van der Waals surface area contributed by atoms with Crippen LogP contribution in [0.1, 0.15) is 64.3 Å². The number of carboxylic acids is 1. The molecule has 2 bridgehead atoms. The Bertz CT molecular complexity index is 1150. The summed E-state index contributed by atoms with van der Waals surface area (Å²) < 4.78 is 5.44. The van der Waals surface area contributed by atoms with Crippen molar-refractivity contribution in [2.45, 2.75) is 58.6 Å². The van der Waals surface area contributed by atoms with E-state index < -0.39 is 23.7 Å². The summed E-state index contributed by atoms with van der Waals surface area (Å²) in [5.74, 6) is -1.52. The van der Waals surface area contributed by atoms with Gasteiger partial charge in [-0.2, -0.15) is 0 Å². The van der Waals surface area contributed by atoms with E-state index in [-0.39, 0.29) is 11.8 Å². The number of carboxylic acid groups (broad SMARTS) is 1.